The van der Waals surface area contributed by atoms with E-state index in [1.807, 2.05) is 0 Å². The monoisotopic (exact) mass is 178 g/mol. The molecule has 0 aromatic carbocycles. The molecule has 0 aromatic heterocycles. The average Bonchev–Trinajstić information content (AvgIpc) is 2.21. The van der Waals surface area contributed by atoms with Crippen LogP contribution in [0.15, 0.2) is 0 Å². The first-order chi connectivity index (χ1) is 5.53. The quantitative estimate of drug-likeness (QED) is 0.343. The number of carbonyl (C=O) groups excluding carboxylic acids is 1. The second-order valence-corrected chi connectivity index (χ2v) is 2.47. The van der Waals surface area contributed by atoms with Crippen LogP contribution < -0.4 is 0 Å². The lowest BCUT2D eigenvalue weighted by Gasteiger charge is -2.23. The topological polar surface area (TPSA) is 104 Å². The van der Waals surface area contributed by atoms with Gasteiger partial charge in [0.2, 0.25) is 0 Å². The minimum Gasteiger partial charge on any atom is -0.376 e. The zero-order chi connectivity index (χ0) is 9.35. The molecule has 1 aliphatic heterocycles. The van der Waals surface area contributed by atoms with Crippen LogP contribution in [0.1, 0.15) is 0 Å². The summed E-state index contributed by atoms with van der Waals surface area (Å²) in [7, 11) is 0. The first-order valence-corrected chi connectivity index (χ1v) is 3.26. The van der Waals surface area contributed by atoms with Crippen molar-refractivity contribution < 1.29 is 25.2 Å². The highest BCUT2D eigenvalue weighted by atomic mass is 16.5. The van der Waals surface area contributed by atoms with Crippen molar-refractivity contribution in [2.45, 2.75) is 5.91 Å². The number of β-amino-alcohol motifs (C(OH)–C–C–N with tert-alkyl or cyclic N) is 2. The van der Waals surface area contributed by atoms with Gasteiger partial charge in [-0.1, -0.05) is 0 Å². The summed E-state index contributed by atoms with van der Waals surface area (Å²) < 4.78 is 0. The highest BCUT2D eigenvalue weighted by molar-refractivity contribution is 5.77. The van der Waals surface area contributed by atoms with E-state index in [1.54, 1.807) is 0 Å². The van der Waals surface area contributed by atoms with Crippen molar-refractivity contribution in [1.29, 1.82) is 0 Å². The number of rotatable bonds is 2. The lowest BCUT2D eigenvalue weighted by atomic mass is 10.5. The Bertz CT molecular complexity index is 194. The third-order valence-electron chi connectivity index (χ3n) is 1.65. The van der Waals surface area contributed by atoms with E-state index in [0.29, 0.717) is 4.90 Å². The fourth-order valence-corrected chi connectivity index (χ4v) is 1.02. The molecule has 0 bridgehead atoms. The lowest BCUT2D eigenvalue weighted by molar-refractivity contribution is -0.239. The second kappa shape index (κ2) is 2.87. The molecular weight excluding hydrogens is 168 g/mol. The summed E-state index contributed by atoms with van der Waals surface area (Å²) in [6, 6.07) is -0.815. The normalized spacial score (nSPS) is 22.2. The van der Waals surface area contributed by atoms with Crippen LogP contribution in [0.25, 0.3) is 0 Å². The van der Waals surface area contributed by atoms with Crippen molar-refractivity contribution >= 4 is 6.03 Å². The van der Waals surface area contributed by atoms with Crippen LogP contribution in [-0.4, -0.2) is 62.2 Å². The van der Waals surface area contributed by atoms with Gasteiger partial charge in [-0.3, -0.25) is 4.90 Å². The van der Waals surface area contributed by atoms with Gasteiger partial charge in [-0.25, -0.2) is 9.69 Å². The third kappa shape index (κ3) is 1.23. The van der Waals surface area contributed by atoms with Gasteiger partial charge in [-0.2, -0.15) is 0 Å². The minimum atomic E-state index is -2.39. The van der Waals surface area contributed by atoms with Crippen LogP contribution in [0.3, 0.4) is 0 Å². The largest absolute Gasteiger partial charge is 0.376 e. The van der Waals surface area contributed by atoms with Crippen LogP contribution in [0.5, 0.6) is 0 Å². The average molecular weight is 178 g/mol. The maximum absolute atomic E-state index is 11.0. The van der Waals surface area contributed by atoms with E-state index in [9.17, 15) is 4.79 Å². The van der Waals surface area contributed by atoms with Crippen molar-refractivity contribution in [2.24, 2.45) is 0 Å². The lowest BCUT2D eigenvalue weighted by Crippen LogP contribution is -2.47. The molecule has 70 valence electrons. The molecule has 7 nitrogen and oxygen atoms in total. The first-order valence-electron chi connectivity index (χ1n) is 3.26. The molecule has 1 aliphatic rings. The minimum absolute atomic E-state index is 0.434. The summed E-state index contributed by atoms with van der Waals surface area (Å²) in [6.07, 6.45) is 0. The van der Waals surface area contributed by atoms with E-state index in [0.717, 1.165) is 4.90 Å². The molecule has 0 unspecified atom stereocenters. The maximum Gasteiger partial charge on any atom is 0.328 e. The number of aliphatic hydroxyl groups excluding tert-OH is 2. The molecule has 0 aliphatic carbocycles. The van der Waals surface area contributed by atoms with Gasteiger partial charge in [0.1, 0.15) is 13.5 Å². The van der Waals surface area contributed by atoms with Gasteiger partial charge in [-0.05, 0) is 0 Å². The molecule has 1 fully saturated rings. The van der Waals surface area contributed by atoms with E-state index < -0.39 is 31.9 Å². The van der Waals surface area contributed by atoms with E-state index in [1.165, 1.54) is 0 Å². The van der Waals surface area contributed by atoms with Gasteiger partial charge in [-0.15, -0.1) is 0 Å². The first kappa shape index (κ1) is 9.20. The van der Waals surface area contributed by atoms with Gasteiger partial charge in [0.15, 0.2) is 0 Å². The summed E-state index contributed by atoms with van der Waals surface area (Å²) >= 11 is 0. The fourth-order valence-electron chi connectivity index (χ4n) is 1.02. The highest BCUT2D eigenvalue weighted by Crippen LogP contribution is 2.19. The molecule has 0 spiro atoms. The van der Waals surface area contributed by atoms with Gasteiger partial charge < -0.3 is 20.4 Å². The molecule has 4 N–H and O–H groups in total. The number of carbonyl (C=O) groups is 1. The summed E-state index contributed by atoms with van der Waals surface area (Å²) in [4.78, 5) is 12.2. The molecular formula is C5H10N2O5. The SMILES string of the molecule is O=C1N(CO)CC(O)(O)N1CO. The molecule has 1 heterocycles. The van der Waals surface area contributed by atoms with Crippen LogP contribution in [0.2, 0.25) is 0 Å². The van der Waals surface area contributed by atoms with Gasteiger partial charge >= 0.3 is 6.03 Å². The Kier molecular flexibility index (Phi) is 2.20. The molecule has 0 atom stereocenters. The molecule has 1 rings (SSSR count). The zero-order valence-electron chi connectivity index (χ0n) is 6.21. The van der Waals surface area contributed by atoms with E-state index in [2.05, 4.69) is 0 Å². The third-order valence-corrected chi connectivity index (χ3v) is 1.65. The number of hydrogen-bond donors (Lipinski definition) is 4. The summed E-state index contributed by atoms with van der Waals surface area (Å²) in [6.45, 7) is -1.86. The predicted molar refractivity (Wildman–Crippen MR) is 35.3 cm³/mol. The van der Waals surface area contributed by atoms with E-state index >= 15 is 0 Å². The number of hydrogen-bond acceptors (Lipinski definition) is 5. The summed E-state index contributed by atoms with van der Waals surface area (Å²) in [5, 5.41) is 35.3. The van der Waals surface area contributed by atoms with Crippen molar-refractivity contribution in [3.05, 3.63) is 0 Å². The Labute approximate surface area is 68.1 Å². The molecule has 0 aromatic rings. The Morgan fingerprint density at radius 3 is 2.17 bits per heavy atom. The number of urea groups is 1. The molecule has 1 saturated heterocycles. The highest BCUT2D eigenvalue weighted by Gasteiger charge is 2.46. The number of nitrogens with zero attached hydrogens (tertiary/aromatic N) is 2. The fraction of sp³-hybridized carbons (Fsp3) is 0.800. The molecule has 0 saturated carbocycles. The van der Waals surface area contributed by atoms with Crippen molar-refractivity contribution in [3.8, 4) is 0 Å². The molecule has 12 heavy (non-hydrogen) atoms. The molecule has 7 heteroatoms. The van der Waals surface area contributed by atoms with Crippen molar-refractivity contribution in [2.75, 3.05) is 20.0 Å². The Hall–Kier alpha value is -0.890. The van der Waals surface area contributed by atoms with Crippen LogP contribution in [-0.2, 0) is 0 Å². The van der Waals surface area contributed by atoms with Gasteiger partial charge in [0, 0.05) is 0 Å². The Balaban J connectivity index is 2.80. The predicted octanol–water partition coefficient (Wildman–Crippen LogP) is -2.74. The molecule has 0 radical (unpaired) electrons. The zero-order valence-corrected chi connectivity index (χ0v) is 6.21. The summed E-state index contributed by atoms with van der Waals surface area (Å²) in [5.41, 5.74) is 0. The second-order valence-electron chi connectivity index (χ2n) is 2.47. The van der Waals surface area contributed by atoms with Gasteiger partial charge in [0.25, 0.3) is 5.91 Å². The van der Waals surface area contributed by atoms with E-state index in [-0.39, 0.29) is 0 Å². The number of amides is 2. The van der Waals surface area contributed by atoms with Crippen LogP contribution >= 0.6 is 0 Å². The Morgan fingerprint density at radius 2 is 1.92 bits per heavy atom. The van der Waals surface area contributed by atoms with Gasteiger partial charge in [0.05, 0.1) is 6.54 Å². The van der Waals surface area contributed by atoms with Crippen LogP contribution in [0.4, 0.5) is 4.79 Å². The molecule has 2 amide bonds. The standard InChI is InChI=1S/C5H10N2O5/c8-2-6-1-5(11,12)7(3-9)4(6)10/h8-9,11-12H,1-3H2. The Morgan fingerprint density at radius 1 is 1.33 bits per heavy atom. The van der Waals surface area contributed by atoms with Crippen molar-refractivity contribution in [1.82, 2.24) is 9.80 Å². The van der Waals surface area contributed by atoms with Crippen molar-refractivity contribution in [3.63, 3.8) is 0 Å². The van der Waals surface area contributed by atoms with Crippen LogP contribution in [0, 0.1) is 0 Å². The number of aliphatic hydroxyl groups is 4. The maximum atomic E-state index is 11.0. The smallest absolute Gasteiger partial charge is 0.328 e. The summed E-state index contributed by atoms with van der Waals surface area (Å²) in [5.74, 6) is -2.39. The van der Waals surface area contributed by atoms with E-state index in [4.69, 9.17) is 20.4 Å².